The van der Waals surface area contributed by atoms with Crippen molar-refractivity contribution in [2.45, 2.75) is 0 Å². The van der Waals surface area contributed by atoms with Gasteiger partial charge in [0, 0.05) is 44.8 Å². The van der Waals surface area contributed by atoms with Crippen molar-refractivity contribution in [1.29, 1.82) is 0 Å². The van der Waals surface area contributed by atoms with Gasteiger partial charge in [-0.25, -0.2) is 4.98 Å². The number of benzene rings is 8. The van der Waals surface area contributed by atoms with E-state index in [4.69, 9.17) is 9.72 Å². The fourth-order valence-electron chi connectivity index (χ4n) is 8.60. The molecule has 0 amide bonds. The quantitative estimate of drug-likeness (QED) is 0.118. The number of hydrogen-bond donors (Lipinski definition) is 0. The zero-order valence-electron chi connectivity index (χ0n) is 32.4. The number of ether oxygens (including phenoxy) is 1. The van der Waals surface area contributed by atoms with Crippen molar-refractivity contribution in [3.8, 4) is 39.6 Å². The molecule has 0 atom stereocenters. The summed E-state index contributed by atoms with van der Waals surface area (Å²) in [6.45, 7) is 0. The molecule has 0 saturated heterocycles. The number of fused-ring (bicyclic) bond motifs is 8. The standard InChI is InChI=1S/C54H32N4OS.Pt/c1-3-15-36(16-4-1)41-23-14-24-42(37-17-5-2-6-18-37)52(41)57-35-56(48-31-30-46-45-22-8-10-26-50(45)60-54(46)53(48)57)38-19-13-20-39(33-38)59-40-28-29-44-43-21-7-9-25-47(43)58(49(44)34-40)51-27-11-12-32-55-51;/h1-32H;/q;+2. The molecule has 1 aliphatic rings. The number of aromatic nitrogens is 2. The molecule has 0 saturated carbocycles. The van der Waals surface area contributed by atoms with Gasteiger partial charge in [-0.1, -0.05) is 131 Å². The van der Waals surface area contributed by atoms with Crippen molar-refractivity contribution in [2.24, 2.45) is 0 Å². The first-order valence-electron chi connectivity index (χ1n) is 19.9. The third kappa shape index (κ3) is 6.15. The van der Waals surface area contributed by atoms with E-state index in [1.54, 1.807) is 0 Å². The van der Waals surface area contributed by atoms with Gasteiger partial charge in [0.2, 0.25) is 5.69 Å². The van der Waals surface area contributed by atoms with Crippen LogP contribution in [0.2, 0.25) is 0 Å². The van der Waals surface area contributed by atoms with E-state index in [0.29, 0.717) is 11.5 Å². The van der Waals surface area contributed by atoms with Crippen LogP contribution in [0.15, 0.2) is 194 Å². The largest absolute Gasteiger partial charge is 2.00 e. The third-order valence-corrected chi connectivity index (χ3v) is 12.4. The molecule has 0 bridgehead atoms. The molecule has 7 heteroatoms. The zero-order valence-corrected chi connectivity index (χ0v) is 35.5. The summed E-state index contributed by atoms with van der Waals surface area (Å²) in [5, 5.41) is 4.68. The van der Waals surface area contributed by atoms with Crippen LogP contribution >= 0.6 is 11.3 Å². The topological polar surface area (TPSA) is 33.1 Å². The van der Waals surface area contributed by atoms with Crippen LogP contribution < -0.4 is 13.9 Å². The van der Waals surface area contributed by atoms with Crippen LogP contribution in [0.1, 0.15) is 0 Å². The average molecular weight is 980 g/mol. The fourth-order valence-corrected chi connectivity index (χ4v) is 9.83. The molecule has 288 valence electrons. The van der Waals surface area contributed by atoms with Gasteiger partial charge >= 0.3 is 32.8 Å². The van der Waals surface area contributed by atoms with Crippen LogP contribution in [-0.2, 0) is 21.1 Å². The molecule has 0 unspecified atom stereocenters. The second kappa shape index (κ2) is 15.1. The van der Waals surface area contributed by atoms with Crippen LogP contribution in [0.5, 0.6) is 11.5 Å². The smallest absolute Gasteiger partial charge is 0.509 e. The Morgan fingerprint density at radius 3 is 1.97 bits per heavy atom. The first-order valence-corrected chi connectivity index (χ1v) is 20.7. The summed E-state index contributed by atoms with van der Waals surface area (Å²) >= 11 is 1.82. The number of pyridine rings is 1. The molecule has 12 rings (SSSR count). The van der Waals surface area contributed by atoms with E-state index in [0.717, 1.165) is 72.6 Å². The van der Waals surface area contributed by atoms with Gasteiger partial charge in [0.25, 0.3) is 5.69 Å². The SMILES string of the molecule is C1=[N+](c2[c-]c(Oc3[c-]c4c(cc3)c3ccccc3n4-c3ccccn3)ccc2)c2ccc3c(sc4ccccc43)c2[N+]=1c1c(-c2ccccc2)cccc1-c1ccccc1.[Pt+2]. The molecule has 0 aliphatic carbocycles. The minimum absolute atomic E-state index is 0. The van der Waals surface area contributed by atoms with Gasteiger partial charge in [0.15, 0.2) is 0 Å². The molecular formula is C54H32N4OPtS+2. The normalized spacial score (nSPS) is 12.1. The van der Waals surface area contributed by atoms with Gasteiger partial charge in [-0.3, -0.25) is 0 Å². The summed E-state index contributed by atoms with van der Waals surface area (Å²) < 4.78 is 15.6. The number of rotatable bonds is 7. The molecule has 11 aromatic rings. The van der Waals surface area contributed by atoms with Crippen LogP contribution in [0.25, 0.3) is 70.0 Å². The Hall–Kier alpha value is -7.20. The van der Waals surface area contributed by atoms with E-state index in [1.807, 2.05) is 53.9 Å². The van der Waals surface area contributed by atoms with E-state index >= 15 is 0 Å². The molecule has 0 radical (unpaired) electrons. The summed E-state index contributed by atoms with van der Waals surface area (Å²) in [5.74, 6) is 1.98. The Labute approximate surface area is 370 Å². The van der Waals surface area contributed by atoms with Crippen molar-refractivity contribution < 1.29 is 25.8 Å². The van der Waals surface area contributed by atoms with E-state index in [-0.39, 0.29) is 21.1 Å². The predicted molar refractivity (Wildman–Crippen MR) is 247 cm³/mol. The fraction of sp³-hybridized carbons (Fsp3) is 0. The minimum atomic E-state index is 0. The Balaban J connectivity index is 0.00000420. The summed E-state index contributed by atoms with van der Waals surface area (Å²) in [5.41, 5.74) is 10.4. The monoisotopic (exact) mass is 979 g/mol. The number of para-hydroxylation sites is 2. The van der Waals surface area contributed by atoms with E-state index in [9.17, 15) is 0 Å². The minimum Gasteiger partial charge on any atom is -0.509 e. The second-order valence-electron chi connectivity index (χ2n) is 14.7. The Morgan fingerprint density at radius 2 is 1.20 bits per heavy atom. The Bertz CT molecular complexity index is 3500. The number of hydrogen-bond acceptors (Lipinski definition) is 3. The van der Waals surface area contributed by atoms with Gasteiger partial charge < -0.3 is 9.30 Å². The maximum absolute atomic E-state index is 6.63. The van der Waals surface area contributed by atoms with Gasteiger partial charge in [-0.05, 0) is 63.6 Å². The second-order valence-corrected chi connectivity index (χ2v) is 15.8. The summed E-state index contributed by atoms with van der Waals surface area (Å²) in [6, 6.07) is 76.5. The van der Waals surface area contributed by atoms with Crippen LogP contribution in [0, 0.1) is 12.1 Å². The van der Waals surface area contributed by atoms with E-state index in [2.05, 4.69) is 184 Å². The molecule has 0 N–H and O–H groups in total. The van der Waals surface area contributed by atoms with Gasteiger partial charge in [0.1, 0.15) is 16.2 Å². The number of nitrogens with zero attached hydrogens (tertiary/aromatic N) is 4. The molecule has 4 heterocycles. The van der Waals surface area contributed by atoms with E-state index < -0.39 is 0 Å². The maximum atomic E-state index is 6.63. The van der Waals surface area contributed by atoms with Crippen molar-refractivity contribution in [3.63, 3.8) is 0 Å². The van der Waals surface area contributed by atoms with Crippen molar-refractivity contribution in [1.82, 2.24) is 18.7 Å². The Morgan fingerprint density at radius 1 is 0.525 bits per heavy atom. The Kier molecular flexibility index (Phi) is 9.13. The first-order chi connectivity index (χ1) is 29.8. The summed E-state index contributed by atoms with van der Waals surface area (Å²) in [7, 11) is 0. The van der Waals surface area contributed by atoms with Gasteiger partial charge in [-0.15, -0.1) is 34.9 Å². The predicted octanol–water partition coefficient (Wildman–Crippen LogP) is 14.1. The van der Waals surface area contributed by atoms with Crippen LogP contribution in [-0.4, -0.2) is 15.6 Å². The summed E-state index contributed by atoms with van der Waals surface area (Å²) in [6.07, 6.45) is 1.82. The third-order valence-electron chi connectivity index (χ3n) is 11.2. The summed E-state index contributed by atoms with van der Waals surface area (Å²) in [4.78, 5) is 4.69. The van der Waals surface area contributed by atoms with Crippen molar-refractivity contribution in [3.05, 3.63) is 206 Å². The van der Waals surface area contributed by atoms with Crippen molar-refractivity contribution in [2.75, 3.05) is 0 Å². The molecule has 0 spiro atoms. The average Bonchev–Trinajstić information content (AvgIpc) is 3.99. The van der Waals surface area contributed by atoms with Crippen LogP contribution in [0.3, 0.4) is 0 Å². The zero-order chi connectivity index (χ0) is 39.6. The molecular weight excluding hydrogens is 948 g/mol. The van der Waals surface area contributed by atoms with Gasteiger partial charge in [-0.2, -0.15) is 12.1 Å². The molecule has 0 fully saturated rings. The maximum Gasteiger partial charge on any atom is 2.00 e. The molecule has 61 heavy (non-hydrogen) atoms. The van der Waals surface area contributed by atoms with Gasteiger partial charge in [0.05, 0.1) is 11.1 Å². The molecule has 8 aromatic carbocycles. The molecule has 3 aromatic heterocycles. The molecule has 1 aliphatic heterocycles. The number of thiophene rings is 1. The van der Waals surface area contributed by atoms with E-state index in [1.165, 1.54) is 20.2 Å². The first kappa shape index (κ1) is 36.8. The van der Waals surface area contributed by atoms with Crippen LogP contribution in [0.4, 0.5) is 22.7 Å². The van der Waals surface area contributed by atoms with Crippen molar-refractivity contribution >= 4 is 82.1 Å². The molecule has 5 nitrogen and oxygen atoms in total.